The molecule has 12 heavy (non-hydrogen) atoms. The summed E-state index contributed by atoms with van der Waals surface area (Å²) in [6, 6.07) is 3.73. The van der Waals surface area contributed by atoms with E-state index in [-0.39, 0.29) is 5.56 Å². The van der Waals surface area contributed by atoms with Crippen molar-refractivity contribution in [1.82, 2.24) is 4.98 Å². The van der Waals surface area contributed by atoms with Gasteiger partial charge in [0.1, 0.15) is 0 Å². The Morgan fingerprint density at radius 1 is 1.42 bits per heavy atom. The van der Waals surface area contributed by atoms with E-state index in [1.165, 1.54) is 19.3 Å². The Hall–Kier alpha value is -1.05. The molecule has 2 nitrogen and oxygen atoms in total. The molecule has 2 rings (SSSR count). The second-order valence-electron chi connectivity index (χ2n) is 3.61. The summed E-state index contributed by atoms with van der Waals surface area (Å²) in [6.45, 7) is 1.97. The van der Waals surface area contributed by atoms with Gasteiger partial charge in [-0.1, -0.05) is 6.42 Å². The number of aromatic amines is 1. The summed E-state index contributed by atoms with van der Waals surface area (Å²) in [6.07, 6.45) is 3.78. The standard InChI is InChI=1S/C10H13NO/c1-7-5-9(8-3-2-4-8)11-10(12)6-7/h5-6,8H,2-4H2,1H3,(H,11,12). The van der Waals surface area contributed by atoms with E-state index in [2.05, 4.69) is 11.1 Å². The molecule has 0 bridgehead atoms. The monoisotopic (exact) mass is 163 g/mol. The first-order valence-corrected chi connectivity index (χ1v) is 4.46. The average Bonchev–Trinajstić information content (AvgIpc) is 1.79. The zero-order valence-electron chi connectivity index (χ0n) is 7.26. The first kappa shape index (κ1) is 7.59. The maximum Gasteiger partial charge on any atom is 0.248 e. The zero-order chi connectivity index (χ0) is 8.55. The van der Waals surface area contributed by atoms with Crippen LogP contribution in [-0.4, -0.2) is 4.98 Å². The molecule has 0 aromatic carbocycles. The van der Waals surface area contributed by atoms with Crippen molar-refractivity contribution in [3.63, 3.8) is 0 Å². The lowest BCUT2D eigenvalue weighted by Gasteiger charge is -2.25. The summed E-state index contributed by atoms with van der Waals surface area (Å²) >= 11 is 0. The number of nitrogens with one attached hydrogen (secondary N) is 1. The predicted molar refractivity (Wildman–Crippen MR) is 48.4 cm³/mol. The molecule has 2 heteroatoms. The van der Waals surface area contributed by atoms with Crippen molar-refractivity contribution < 1.29 is 0 Å². The summed E-state index contributed by atoms with van der Waals surface area (Å²) in [5.41, 5.74) is 2.24. The van der Waals surface area contributed by atoms with E-state index in [0.29, 0.717) is 5.92 Å². The van der Waals surface area contributed by atoms with Gasteiger partial charge in [0.15, 0.2) is 0 Å². The first-order valence-electron chi connectivity index (χ1n) is 4.46. The molecule has 64 valence electrons. The van der Waals surface area contributed by atoms with Crippen LogP contribution in [0.1, 0.15) is 36.4 Å². The van der Waals surface area contributed by atoms with E-state index in [1.54, 1.807) is 6.07 Å². The zero-order valence-corrected chi connectivity index (χ0v) is 7.26. The second kappa shape index (κ2) is 2.77. The number of rotatable bonds is 1. The van der Waals surface area contributed by atoms with Crippen LogP contribution < -0.4 is 5.56 Å². The molecule has 1 aromatic rings. The third-order valence-electron chi connectivity index (χ3n) is 2.55. The molecule has 1 saturated carbocycles. The maximum atomic E-state index is 11.1. The molecule has 0 amide bonds. The summed E-state index contributed by atoms with van der Waals surface area (Å²) in [5.74, 6) is 0.623. The van der Waals surface area contributed by atoms with E-state index >= 15 is 0 Å². The van der Waals surface area contributed by atoms with Gasteiger partial charge in [-0.15, -0.1) is 0 Å². The van der Waals surface area contributed by atoms with Crippen molar-refractivity contribution in [3.05, 3.63) is 33.7 Å². The Morgan fingerprint density at radius 3 is 2.67 bits per heavy atom. The molecule has 1 fully saturated rings. The minimum Gasteiger partial charge on any atom is -0.326 e. The van der Waals surface area contributed by atoms with Gasteiger partial charge in [0.2, 0.25) is 5.56 Å². The fourth-order valence-corrected chi connectivity index (χ4v) is 1.65. The molecule has 1 aliphatic rings. The Labute approximate surface area is 71.6 Å². The topological polar surface area (TPSA) is 32.9 Å². The van der Waals surface area contributed by atoms with E-state index in [9.17, 15) is 4.79 Å². The number of aryl methyl sites for hydroxylation is 1. The van der Waals surface area contributed by atoms with Crippen molar-refractivity contribution in [2.75, 3.05) is 0 Å². The smallest absolute Gasteiger partial charge is 0.248 e. The molecule has 1 aromatic heterocycles. The van der Waals surface area contributed by atoms with Gasteiger partial charge in [-0.25, -0.2) is 0 Å². The second-order valence-corrected chi connectivity index (χ2v) is 3.61. The minimum absolute atomic E-state index is 0.0388. The van der Waals surface area contributed by atoms with Crippen molar-refractivity contribution in [1.29, 1.82) is 0 Å². The summed E-state index contributed by atoms with van der Waals surface area (Å²) in [5, 5.41) is 0. The summed E-state index contributed by atoms with van der Waals surface area (Å²) < 4.78 is 0. The highest BCUT2D eigenvalue weighted by Gasteiger charge is 2.20. The predicted octanol–water partition coefficient (Wildman–Crippen LogP) is 1.95. The molecule has 1 N–H and O–H groups in total. The third-order valence-corrected chi connectivity index (χ3v) is 2.55. The maximum absolute atomic E-state index is 11.1. The summed E-state index contributed by atoms with van der Waals surface area (Å²) in [7, 11) is 0. The minimum atomic E-state index is 0.0388. The first-order chi connectivity index (χ1) is 5.75. The van der Waals surface area contributed by atoms with Gasteiger partial charge in [0, 0.05) is 11.8 Å². The fraction of sp³-hybridized carbons (Fsp3) is 0.500. The third kappa shape index (κ3) is 1.29. The molecule has 1 aliphatic carbocycles. The van der Waals surface area contributed by atoms with Gasteiger partial charge < -0.3 is 4.98 Å². The molecular formula is C10H13NO. The molecule has 0 saturated heterocycles. The van der Waals surface area contributed by atoms with Crippen molar-refractivity contribution in [3.8, 4) is 0 Å². The number of hydrogen-bond acceptors (Lipinski definition) is 1. The highest BCUT2D eigenvalue weighted by molar-refractivity contribution is 5.19. The van der Waals surface area contributed by atoms with Gasteiger partial charge in [0.05, 0.1) is 0 Å². The Balaban J connectivity index is 2.36. The molecule has 0 radical (unpaired) electrons. The van der Waals surface area contributed by atoms with Crippen LogP contribution >= 0.6 is 0 Å². The van der Waals surface area contributed by atoms with Gasteiger partial charge in [0.25, 0.3) is 0 Å². The quantitative estimate of drug-likeness (QED) is 0.674. The SMILES string of the molecule is Cc1cc(C2CCC2)[nH]c(=O)c1. The Morgan fingerprint density at radius 2 is 2.17 bits per heavy atom. The van der Waals surface area contributed by atoms with Crippen LogP contribution in [0, 0.1) is 6.92 Å². The van der Waals surface area contributed by atoms with Gasteiger partial charge >= 0.3 is 0 Å². The highest BCUT2D eigenvalue weighted by atomic mass is 16.1. The number of pyridine rings is 1. The molecule has 0 spiro atoms. The van der Waals surface area contributed by atoms with Crippen LogP contribution in [-0.2, 0) is 0 Å². The van der Waals surface area contributed by atoms with Crippen molar-refractivity contribution in [2.24, 2.45) is 0 Å². The normalized spacial score (nSPS) is 17.4. The van der Waals surface area contributed by atoms with Gasteiger partial charge in [-0.05, 0) is 37.3 Å². The largest absolute Gasteiger partial charge is 0.326 e. The number of H-pyrrole nitrogens is 1. The van der Waals surface area contributed by atoms with Crippen LogP contribution in [0.15, 0.2) is 16.9 Å². The average molecular weight is 163 g/mol. The van der Waals surface area contributed by atoms with E-state index in [4.69, 9.17) is 0 Å². The molecule has 1 heterocycles. The molecule has 0 atom stereocenters. The van der Waals surface area contributed by atoms with Gasteiger partial charge in [-0.2, -0.15) is 0 Å². The van der Waals surface area contributed by atoms with Crippen LogP contribution in [0.5, 0.6) is 0 Å². The lowest BCUT2D eigenvalue weighted by molar-refractivity contribution is 0.410. The van der Waals surface area contributed by atoms with Crippen LogP contribution in [0.3, 0.4) is 0 Å². The number of hydrogen-bond donors (Lipinski definition) is 1. The molecule has 0 unspecified atom stereocenters. The summed E-state index contributed by atoms with van der Waals surface area (Å²) in [4.78, 5) is 14.0. The van der Waals surface area contributed by atoms with Gasteiger partial charge in [-0.3, -0.25) is 4.79 Å². The molecular weight excluding hydrogens is 150 g/mol. The van der Waals surface area contributed by atoms with E-state index < -0.39 is 0 Å². The van der Waals surface area contributed by atoms with Crippen molar-refractivity contribution >= 4 is 0 Å². The van der Waals surface area contributed by atoms with Crippen molar-refractivity contribution in [2.45, 2.75) is 32.1 Å². The lowest BCUT2D eigenvalue weighted by atomic mass is 9.82. The Kier molecular flexibility index (Phi) is 1.75. The van der Waals surface area contributed by atoms with Crippen LogP contribution in [0.4, 0.5) is 0 Å². The van der Waals surface area contributed by atoms with Crippen LogP contribution in [0.2, 0.25) is 0 Å². The number of aromatic nitrogens is 1. The Bertz CT molecular complexity index is 336. The highest BCUT2D eigenvalue weighted by Crippen LogP contribution is 2.34. The lowest BCUT2D eigenvalue weighted by Crippen LogP contribution is -2.16. The molecule has 0 aliphatic heterocycles. The van der Waals surface area contributed by atoms with Crippen LogP contribution in [0.25, 0.3) is 0 Å². The van der Waals surface area contributed by atoms with E-state index in [0.717, 1.165) is 11.3 Å². The fourth-order valence-electron chi connectivity index (χ4n) is 1.65. The van der Waals surface area contributed by atoms with E-state index in [1.807, 2.05) is 6.92 Å².